The van der Waals surface area contributed by atoms with Gasteiger partial charge in [-0.1, -0.05) is 19.9 Å². The Hall–Kier alpha value is -2.07. The molecule has 1 aromatic heterocycles. The summed E-state index contributed by atoms with van der Waals surface area (Å²) in [6.07, 6.45) is 6.08. The molecule has 3 unspecified atom stereocenters. The fourth-order valence-corrected chi connectivity index (χ4v) is 6.97. The van der Waals surface area contributed by atoms with Gasteiger partial charge in [0.15, 0.2) is 0 Å². The van der Waals surface area contributed by atoms with E-state index in [2.05, 4.69) is 45.5 Å². The highest BCUT2D eigenvalue weighted by Gasteiger charge is 2.55. The highest BCUT2D eigenvalue weighted by atomic mass is 32.2. The van der Waals surface area contributed by atoms with Crippen LogP contribution in [-0.4, -0.2) is 22.8 Å². The van der Waals surface area contributed by atoms with Gasteiger partial charge in [0.2, 0.25) is 0 Å². The van der Waals surface area contributed by atoms with Crippen LogP contribution in [0.15, 0.2) is 12.1 Å². The Morgan fingerprint density at radius 2 is 2.18 bits per heavy atom. The van der Waals surface area contributed by atoms with E-state index in [9.17, 15) is 4.79 Å². The highest BCUT2D eigenvalue weighted by molar-refractivity contribution is 7.90. The third-order valence-corrected chi connectivity index (χ3v) is 8.56. The molecular formula is C24H31N3O5S. The molecule has 1 heterocycles. The van der Waals surface area contributed by atoms with Crippen LogP contribution in [0.25, 0.3) is 0 Å². The van der Waals surface area contributed by atoms with Crippen LogP contribution < -0.4 is 10.1 Å². The standard InChI is InChI=1S/C24H31N3O5S/c1-4-13-10-17-14(11-20(13)30-33-32-31-25)6-7-16-15(17)8-9-24(3)19(16)12-18-21(23(28)29-5-2)26-27-22(18)24/h10-11,15-16,19H,4-9,12,25H2,1-3H3,(H,26,27)/t15?,16?,19?,24-/m0/s1. The number of esters is 1. The number of benzene rings is 1. The van der Waals surface area contributed by atoms with Crippen molar-refractivity contribution in [2.45, 2.75) is 70.6 Å². The van der Waals surface area contributed by atoms with Crippen molar-refractivity contribution in [1.29, 1.82) is 0 Å². The van der Waals surface area contributed by atoms with Gasteiger partial charge < -0.3 is 8.92 Å². The van der Waals surface area contributed by atoms with Crippen LogP contribution in [0.5, 0.6) is 5.75 Å². The molecule has 8 nitrogen and oxygen atoms in total. The lowest BCUT2D eigenvalue weighted by Gasteiger charge is -2.49. The van der Waals surface area contributed by atoms with Crippen LogP contribution in [0.1, 0.15) is 84.4 Å². The number of fused-ring (bicyclic) bond motifs is 7. The predicted molar refractivity (Wildman–Crippen MR) is 123 cm³/mol. The smallest absolute Gasteiger partial charge is 0.356 e. The summed E-state index contributed by atoms with van der Waals surface area (Å²) in [5.74, 6) is 6.99. The number of rotatable bonds is 7. The number of carbonyl (C=O) groups is 1. The van der Waals surface area contributed by atoms with Crippen LogP contribution in [0, 0.1) is 11.8 Å². The molecule has 3 N–H and O–H groups in total. The Labute approximate surface area is 198 Å². The number of H-pyrrole nitrogens is 1. The van der Waals surface area contributed by atoms with Crippen molar-refractivity contribution in [2.24, 2.45) is 17.7 Å². The zero-order chi connectivity index (χ0) is 23.2. The Kier molecular flexibility index (Phi) is 6.15. The molecule has 0 aliphatic heterocycles. The van der Waals surface area contributed by atoms with E-state index in [0.717, 1.165) is 73.4 Å². The molecule has 1 fully saturated rings. The van der Waals surface area contributed by atoms with E-state index in [1.54, 1.807) is 0 Å². The van der Waals surface area contributed by atoms with Gasteiger partial charge in [0.1, 0.15) is 11.4 Å². The Morgan fingerprint density at radius 3 is 2.94 bits per heavy atom. The number of ether oxygens (including phenoxy) is 1. The minimum absolute atomic E-state index is 0.00207. The molecule has 0 bridgehead atoms. The number of nitrogens with one attached hydrogen (secondary N) is 1. The average molecular weight is 474 g/mol. The molecule has 4 atom stereocenters. The molecule has 1 aromatic carbocycles. The maximum atomic E-state index is 12.5. The lowest BCUT2D eigenvalue weighted by molar-refractivity contribution is -0.199. The van der Waals surface area contributed by atoms with E-state index in [4.69, 9.17) is 14.8 Å². The largest absolute Gasteiger partial charge is 0.461 e. The van der Waals surface area contributed by atoms with E-state index < -0.39 is 0 Å². The summed E-state index contributed by atoms with van der Waals surface area (Å²) in [7, 11) is 0. The number of aromatic nitrogens is 2. The zero-order valence-corrected chi connectivity index (χ0v) is 20.1. The lowest BCUT2D eigenvalue weighted by Crippen LogP contribution is -2.43. The SMILES string of the molecule is CCOC(=O)c1[nH]nc2c1CC1C3CCc4cc(OSOON)c(CC)cc4C3CC[C@]21C. The van der Waals surface area contributed by atoms with Crippen molar-refractivity contribution in [2.75, 3.05) is 6.61 Å². The number of nitrogens with two attached hydrogens (primary N) is 1. The second-order valence-electron chi connectivity index (χ2n) is 9.55. The third-order valence-electron chi connectivity index (χ3n) is 8.18. The number of carbonyl (C=O) groups excluding carboxylic acids is 1. The first-order valence-electron chi connectivity index (χ1n) is 11.8. The van der Waals surface area contributed by atoms with Gasteiger partial charge in [-0.25, -0.2) is 4.79 Å². The summed E-state index contributed by atoms with van der Waals surface area (Å²) < 4.78 is 15.6. The minimum atomic E-state index is -0.291. The second-order valence-corrected chi connectivity index (χ2v) is 9.99. The molecule has 1 saturated carbocycles. The minimum Gasteiger partial charge on any atom is -0.461 e. The maximum absolute atomic E-state index is 12.5. The van der Waals surface area contributed by atoms with E-state index in [1.807, 2.05) is 6.92 Å². The molecule has 0 radical (unpaired) electrons. The Bertz CT molecular complexity index is 1060. The topological polar surface area (TPSA) is 109 Å². The molecule has 33 heavy (non-hydrogen) atoms. The fraction of sp³-hybridized carbons (Fsp3) is 0.583. The number of nitrogens with zero attached hydrogens (tertiary/aromatic N) is 1. The van der Waals surface area contributed by atoms with Crippen molar-refractivity contribution >= 4 is 18.3 Å². The molecule has 0 spiro atoms. The Balaban J connectivity index is 1.44. The number of hydrogen-bond donors (Lipinski definition) is 2. The van der Waals surface area contributed by atoms with Crippen LogP contribution in [0.3, 0.4) is 0 Å². The van der Waals surface area contributed by atoms with E-state index in [-0.39, 0.29) is 11.4 Å². The third kappa shape index (κ3) is 3.65. The van der Waals surface area contributed by atoms with Gasteiger partial charge >= 0.3 is 5.97 Å². The van der Waals surface area contributed by atoms with E-state index in [1.165, 1.54) is 11.1 Å². The maximum Gasteiger partial charge on any atom is 0.356 e. The van der Waals surface area contributed by atoms with Gasteiger partial charge in [0, 0.05) is 11.0 Å². The van der Waals surface area contributed by atoms with Crippen molar-refractivity contribution in [3.8, 4) is 5.75 Å². The van der Waals surface area contributed by atoms with E-state index >= 15 is 0 Å². The monoisotopic (exact) mass is 473 g/mol. The van der Waals surface area contributed by atoms with Gasteiger partial charge in [0.05, 0.1) is 12.3 Å². The summed E-state index contributed by atoms with van der Waals surface area (Å²) in [5.41, 5.74) is 6.66. The van der Waals surface area contributed by atoms with Crippen LogP contribution >= 0.6 is 12.3 Å². The van der Waals surface area contributed by atoms with Crippen molar-refractivity contribution in [3.63, 3.8) is 0 Å². The lowest BCUT2D eigenvalue weighted by atomic mass is 9.55. The van der Waals surface area contributed by atoms with Gasteiger partial charge in [-0.05, 0) is 86.0 Å². The molecule has 5 rings (SSSR count). The molecule has 178 valence electrons. The first kappa shape index (κ1) is 22.7. The van der Waals surface area contributed by atoms with E-state index in [0.29, 0.717) is 30.1 Å². The second kappa shape index (κ2) is 8.94. The number of aryl methyl sites for hydroxylation is 2. The molecule has 9 heteroatoms. The Morgan fingerprint density at radius 1 is 1.33 bits per heavy atom. The van der Waals surface area contributed by atoms with Crippen molar-refractivity contribution in [3.05, 3.63) is 45.8 Å². The van der Waals surface area contributed by atoms with Gasteiger partial charge in [-0.15, -0.1) is 9.32 Å². The fourth-order valence-electron chi connectivity index (χ4n) is 6.69. The van der Waals surface area contributed by atoms with Crippen LogP contribution in [0.2, 0.25) is 0 Å². The summed E-state index contributed by atoms with van der Waals surface area (Å²) in [5, 5.41) is 7.62. The van der Waals surface area contributed by atoms with Crippen LogP contribution in [-0.2, 0) is 38.7 Å². The normalized spacial score (nSPS) is 27.3. The number of aromatic amines is 1. The van der Waals surface area contributed by atoms with Crippen molar-refractivity contribution in [1.82, 2.24) is 10.2 Å². The van der Waals surface area contributed by atoms with Gasteiger partial charge in [-0.2, -0.15) is 11.0 Å². The molecular weight excluding hydrogens is 442 g/mol. The average Bonchev–Trinajstić information content (AvgIpc) is 3.37. The summed E-state index contributed by atoms with van der Waals surface area (Å²) in [6.45, 7) is 6.67. The molecule has 3 aliphatic carbocycles. The van der Waals surface area contributed by atoms with Gasteiger partial charge in [0.25, 0.3) is 12.3 Å². The molecule has 0 saturated heterocycles. The summed E-state index contributed by atoms with van der Waals surface area (Å²) in [6, 6.07) is 4.48. The first-order valence-corrected chi connectivity index (χ1v) is 12.5. The van der Waals surface area contributed by atoms with Crippen LogP contribution in [0.4, 0.5) is 0 Å². The summed E-state index contributed by atoms with van der Waals surface area (Å²) >= 11 is 0.727. The van der Waals surface area contributed by atoms with Crippen molar-refractivity contribution < 1.29 is 23.0 Å². The summed E-state index contributed by atoms with van der Waals surface area (Å²) in [4.78, 5) is 16.6. The molecule has 2 aromatic rings. The van der Waals surface area contributed by atoms with Gasteiger partial charge in [-0.3, -0.25) is 5.10 Å². The quantitative estimate of drug-likeness (QED) is 0.199. The zero-order valence-electron chi connectivity index (χ0n) is 19.3. The first-order chi connectivity index (χ1) is 16.0. The number of hydrogen-bond acceptors (Lipinski definition) is 8. The predicted octanol–water partition coefficient (Wildman–Crippen LogP) is 4.48. The molecule has 0 amide bonds. The molecule has 3 aliphatic rings. The highest BCUT2D eigenvalue weighted by Crippen LogP contribution is 2.60.